The summed E-state index contributed by atoms with van der Waals surface area (Å²) in [5, 5.41) is 6.21. The molecule has 2 N–H and O–H groups in total. The third-order valence-corrected chi connectivity index (χ3v) is 3.54. The third-order valence-electron chi connectivity index (χ3n) is 3.54. The van der Waals surface area contributed by atoms with Gasteiger partial charge in [0.1, 0.15) is 6.54 Å². The van der Waals surface area contributed by atoms with E-state index in [1.54, 1.807) is 6.08 Å². The topological polar surface area (TPSA) is 56.7 Å². The number of para-hydroxylation sites is 1. The fraction of sp³-hybridized carbons (Fsp3) is 0.412. The number of hydrogen-bond acceptors (Lipinski definition) is 2. The number of hydrogen-bond donors (Lipinski definition) is 2. The highest BCUT2D eigenvalue weighted by molar-refractivity contribution is 5.97. The SMILES string of the molecule is C=CCNC(=NCC(=O)N1CCCc2ccccc21)NCC. The first kappa shape index (κ1) is 16.1. The number of nitrogens with zero attached hydrogens (tertiary/aromatic N) is 2. The van der Waals surface area contributed by atoms with Gasteiger partial charge in [-0.2, -0.15) is 0 Å². The lowest BCUT2D eigenvalue weighted by atomic mass is 10.0. The van der Waals surface area contributed by atoms with Crippen molar-refractivity contribution in [1.82, 2.24) is 10.6 Å². The van der Waals surface area contributed by atoms with Gasteiger partial charge in [-0.25, -0.2) is 4.99 Å². The average Bonchev–Trinajstić information content (AvgIpc) is 2.56. The van der Waals surface area contributed by atoms with Crippen molar-refractivity contribution in [2.24, 2.45) is 4.99 Å². The average molecular weight is 300 g/mol. The maximum absolute atomic E-state index is 12.5. The van der Waals surface area contributed by atoms with Gasteiger partial charge in [0, 0.05) is 25.3 Å². The standard InChI is InChI=1S/C17H24N4O/c1-3-11-19-17(18-4-2)20-13-16(22)21-12-7-9-14-8-5-6-10-15(14)21/h3,5-6,8,10H,1,4,7,9,11-13H2,2H3,(H2,18,19,20). The summed E-state index contributed by atoms with van der Waals surface area (Å²) in [6.45, 7) is 7.94. The van der Waals surface area contributed by atoms with Gasteiger partial charge >= 0.3 is 0 Å². The van der Waals surface area contributed by atoms with Crippen LogP contribution < -0.4 is 15.5 Å². The molecular formula is C17H24N4O. The Kier molecular flexibility index (Phi) is 6.01. The Morgan fingerprint density at radius 3 is 3.00 bits per heavy atom. The van der Waals surface area contributed by atoms with E-state index in [0.717, 1.165) is 31.6 Å². The smallest absolute Gasteiger partial charge is 0.248 e. The number of carbonyl (C=O) groups excluding carboxylic acids is 1. The van der Waals surface area contributed by atoms with Gasteiger partial charge in [-0.3, -0.25) is 4.79 Å². The summed E-state index contributed by atoms with van der Waals surface area (Å²) in [6.07, 6.45) is 3.80. The monoisotopic (exact) mass is 300 g/mol. The Morgan fingerprint density at radius 1 is 1.41 bits per heavy atom. The van der Waals surface area contributed by atoms with Crippen LogP contribution in [0.25, 0.3) is 0 Å². The lowest BCUT2D eigenvalue weighted by molar-refractivity contribution is -0.117. The lowest BCUT2D eigenvalue weighted by Crippen LogP contribution is -2.40. The van der Waals surface area contributed by atoms with Crippen LogP contribution in [-0.4, -0.2) is 38.0 Å². The van der Waals surface area contributed by atoms with E-state index in [0.29, 0.717) is 12.5 Å². The number of carbonyl (C=O) groups is 1. The van der Waals surface area contributed by atoms with Crippen LogP contribution in [-0.2, 0) is 11.2 Å². The molecule has 22 heavy (non-hydrogen) atoms. The summed E-state index contributed by atoms with van der Waals surface area (Å²) in [7, 11) is 0. The van der Waals surface area contributed by atoms with E-state index in [1.807, 2.05) is 30.0 Å². The molecule has 2 rings (SSSR count). The second-order valence-electron chi connectivity index (χ2n) is 5.14. The van der Waals surface area contributed by atoms with Crippen molar-refractivity contribution in [3.05, 3.63) is 42.5 Å². The Labute approximate surface area is 132 Å². The first-order valence-corrected chi connectivity index (χ1v) is 7.77. The Hall–Kier alpha value is -2.30. The number of benzene rings is 1. The molecule has 0 saturated heterocycles. The maximum Gasteiger partial charge on any atom is 0.248 e. The molecule has 1 aliphatic heterocycles. The van der Waals surface area contributed by atoms with E-state index in [4.69, 9.17) is 0 Å². The quantitative estimate of drug-likeness (QED) is 0.494. The molecule has 0 atom stereocenters. The first-order chi connectivity index (χ1) is 10.8. The van der Waals surface area contributed by atoms with Gasteiger partial charge in [0.05, 0.1) is 0 Å². The summed E-state index contributed by atoms with van der Waals surface area (Å²) in [5.41, 5.74) is 2.26. The highest BCUT2D eigenvalue weighted by Crippen LogP contribution is 2.26. The number of amides is 1. The van der Waals surface area contributed by atoms with Gasteiger partial charge in [0.25, 0.3) is 0 Å². The number of guanidine groups is 1. The van der Waals surface area contributed by atoms with Gasteiger partial charge < -0.3 is 15.5 Å². The zero-order valence-electron chi connectivity index (χ0n) is 13.1. The van der Waals surface area contributed by atoms with Crippen LogP contribution in [0.15, 0.2) is 41.9 Å². The normalized spacial score (nSPS) is 14.2. The minimum absolute atomic E-state index is 0.0305. The van der Waals surface area contributed by atoms with E-state index < -0.39 is 0 Å². The number of anilines is 1. The molecule has 5 nitrogen and oxygen atoms in total. The molecule has 0 bridgehead atoms. The van der Waals surface area contributed by atoms with Gasteiger partial charge in [0.15, 0.2) is 5.96 Å². The molecule has 0 aliphatic carbocycles. The highest BCUT2D eigenvalue weighted by atomic mass is 16.2. The summed E-state index contributed by atoms with van der Waals surface area (Å²) < 4.78 is 0. The number of aliphatic imine (C=N–C) groups is 1. The van der Waals surface area contributed by atoms with Crippen LogP contribution in [0.5, 0.6) is 0 Å². The van der Waals surface area contributed by atoms with Crippen molar-refractivity contribution >= 4 is 17.6 Å². The molecule has 0 spiro atoms. The fourth-order valence-corrected chi connectivity index (χ4v) is 2.54. The zero-order chi connectivity index (χ0) is 15.8. The van der Waals surface area contributed by atoms with Crippen LogP contribution in [0.2, 0.25) is 0 Å². The van der Waals surface area contributed by atoms with Gasteiger partial charge in [0.2, 0.25) is 5.91 Å². The predicted octanol–water partition coefficient (Wildman–Crippen LogP) is 1.71. The Bertz CT molecular complexity index is 553. The van der Waals surface area contributed by atoms with Crippen LogP contribution in [0, 0.1) is 0 Å². The fourth-order valence-electron chi connectivity index (χ4n) is 2.54. The second-order valence-corrected chi connectivity index (χ2v) is 5.14. The lowest BCUT2D eigenvalue weighted by Gasteiger charge is -2.29. The van der Waals surface area contributed by atoms with Crippen molar-refractivity contribution in [1.29, 1.82) is 0 Å². The van der Waals surface area contributed by atoms with Gasteiger partial charge in [-0.15, -0.1) is 6.58 Å². The molecule has 1 aromatic carbocycles. The number of nitrogens with one attached hydrogen (secondary N) is 2. The van der Waals surface area contributed by atoms with Crippen LogP contribution >= 0.6 is 0 Å². The summed E-state index contributed by atoms with van der Waals surface area (Å²) >= 11 is 0. The molecule has 5 heteroatoms. The largest absolute Gasteiger partial charge is 0.357 e. The molecule has 0 saturated carbocycles. The molecule has 1 amide bonds. The highest BCUT2D eigenvalue weighted by Gasteiger charge is 2.21. The molecule has 0 fully saturated rings. The number of fused-ring (bicyclic) bond motifs is 1. The van der Waals surface area contributed by atoms with E-state index in [-0.39, 0.29) is 12.5 Å². The van der Waals surface area contributed by atoms with Crippen LogP contribution in [0.3, 0.4) is 0 Å². The van der Waals surface area contributed by atoms with Crippen molar-refractivity contribution in [3.63, 3.8) is 0 Å². The summed E-state index contributed by atoms with van der Waals surface area (Å²) in [6, 6.07) is 8.10. The number of aryl methyl sites for hydroxylation is 1. The van der Waals surface area contributed by atoms with E-state index in [2.05, 4.69) is 28.3 Å². The Balaban J connectivity index is 2.04. The van der Waals surface area contributed by atoms with Crippen molar-refractivity contribution in [3.8, 4) is 0 Å². The molecule has 0 radical (unpaired) electrons. The van der Waals surface area contributed by atoms with Gasteiger partial charge in [-0.1, -0.05) is 24.3 Å². The van der Waals surface area contributed by atoms with Crippen LogP contribution in [0.4, 0.5) is 5.69 Å². The molecule has 118 valence electrons. The molecule has 1 aromatic rings. The zero-order valence-corrected chi connectivity index (χ0v) is 13.1. The van der Waals surface area contributed by atoms with E-state index >= 15 is 0 Å². The molecular weight excluding hydrogens is 276 g/mol. The first-order valence-electron chi connectivity index (χ1n) is 7.77. The van der Waals surface area contributed by atoms with Crippen molar-refractivity contribution in [2.75, 3.05) is 31.1 Å². The van der Waals surface area contributed by atoms with Crippen LogP contribution in [0.1, 0.15) is 18.9 Å². The molecule has 1 heterocycles. The minimum atomic E-state index is 0.0305. The van der Waals surface area contributed by atoms with E-state index in [1.165, 1.54) is 5.56 Å². The number of rotatable bonds is 5. The predicted molar refractivity (Wildman–Crippen MR) is 91.3 cm³/mol. The summed E-state index contributed by atoms with van der Waals surface area (Å²) in [5.74, 6) is 0.670. The molecule has 0 aromatic heterocycles. The third kappa shape index (κ3) is 4.10. The van der Waals surface area contributed by atoms with Crippen molar-refractivity contribution < 1.29 is 4.79 Å². The van der Waals surface area contributed by atoms with Crippen molar-refractivity contribution in [2.45, 2.75) is 19.8 Å². The molecule has 1 aliphatic rings. The van der Waals surface area contributed by atoms with Gasteiger partial charge in [-0.05, 0) is 31.4 Å². The molecule has 0 unspecified atom stereocenters. The minimum Gasteiger partial charge on any atom is -0.357 e. The maximum atomic E-state index is 12.5. The second kappa shape index (κ2) is 8.22. The summed E-state index contributed by atoms with van der Waals surface area (Å²) in [4.78, 5) is 18.7. The van der Waals surface area contributed by atoms with E-state index in [9.17, 15) is 4.79 Å². The Morgan fingerprint density at radius 2 is 2.23 bits per heavy atom.